The van der Waals surface area contributed by atoms with E-state index in [-0.39, 0.29) is 5.91 Å². The molecule has 0 bridgehead atoms. The molecule has 134 valence electrons. The maximum Gasteiger partial charge on any atom is 0.256 e. The van der Waals surface area contributed by atoms with E-state index in [2.05, 4.69) is 71.4 Å². The predicted octanol–water partition coefficient (Wildman–Crippen LogP) is 6.72. The van der Waals surface area contributed by atoms with Crippen molar-refractivity contribution in [2.75, 3.05) is 5.32 Å². The van der Waals surface area contributed by atoms with Crippen LogP contribution < -0.4 is 5.32 Å². The van der Waals surface area contributed by atoms with Crippen LogP contribution in [0.4, 0.5) is 5.69 Å². The van der Waals surface area contributed by atoms with Crippen molar-refractivity contribution in [1.82, 2.24) is 4.98 Å². The Morgan fingerprint density at radius 2 is 1.89 bits per heavy atom. The number of benzene rings is 3. The van der Waals surface area contributed by atoms with Crippen molar-refractivity contribution >= 4 is 83.8 Å². The molecular weight excluding hydrogens is 634 g/mol. The Kier molecular flexibility index (Phi) is 5.51. The van der Waals surface area contributed by atoms with Crippen LogP contribution in [0.15, 0.2) is 69.6 Å². The first-order valence-electron chi connectivity index (χ1n) is 7.92. The Morgan fingerprint density at radius 1 is 1.04 bits per heavy atom. The van der Waals surface area contributed by atoms with E-state index in [0.717, 1.165) is 17.2 Å². The highest BCUT2D eigenvalue weighted by molar-refractivity contribution is 14.1. The third-order valence-corrected chi connectivity index (χ3v) is 5.99. The predicted molar refractivity (Wildman–Crippen MR) is 127 cm³/mol. The second kappa shape index (κ2) is 7.88. The molecule has 7 heteroatoms. The Hall–Kier alpha value is -1.46. The summed E-state index contributed by atoms with van der Waals surface area (Å²) in [6, 6.07) is 19.0. The van der Waals surface area contributed by atoms with Gasteiger partial charge in [-0.1, -0.05) is 22.0 Å². The molecule has 1 aromatic heterocycles. The van der Waals surface area contributed by atoms with E-state index in [1.54, 1.807) is 0 Å². The molecule has 0 spiro atoms. The summed E-state index contributed by atoms with van der Waals surface area (Å²) in [4.78, 5) is 17.2. The molecule has 1 N–H and O–H groups in total. The third kappa shape index (κ3) is 4.19. The number of halogens is 3. The fourth-order valence-corrected chi connectivity index (χ4v) is 4.09. The van der Waals surface area contributed by atoms with Gasteiger partial charge in [0.15, 0.2) is 5.58 Å². The van der Waals surface area contributed by atoms with E-state index in [0.29, 0.717) is 28.2 Å². The van der Waals surface area contributed by atoms with Crippen molar-refractivity contribution in [2.45, 2.75) is 0 Å². The summed E-state index contributed by atoms with van der Waals surface area (Å²) in [6.07, 6.45) is 0. The number of nitrogens with zero attached hydrogens (tertiary/aromatic N) is 1. The van der Waals surface area contributed by atoms with E-state index in [9.17, 15) is 4.79 Å². The lowest BCUT2D eigenvalue weighted by Crippen LogP contribution is -2.13. The summed E-state index contributed by atoms with van der Waals surface area (Å²) < 4.78 is 8.73. The van der Waals surface area contributed by atoms with Gasteiger partial charge in [-0.3, -0.25) is 4.79 Å². The van der Waals surface area contributed by atoms with Gasteiger partial charge >= 0.3 is 0 Å². The second-order valence-corrected chi connectivity index (χ2v) is 9.11. The van der Waals surface area contributed by atoms with Gasteiger partial charge in [-0.05, 0) is 99.8 Å². The van der Waals surface area contributed by atoms with Gasteiger partial charge in [0.1, 0.15) is 5.52 Å². The molecule has 4 nitrogen and oxygen atoms in total. The molecule has 4 rings (SSSR count). The van der Waals surface area contributed by atoms with E-state index in [4.69, 9.17) is 4.42 Å². The molecule has 0 unspecified atom stereocenters. The van der Waals surface area contributed by atoms with Crippen LogP contribution in [0.5, 0.6) is 0 Å². The van der Waals surface area contributed by atoms with Gasteiger partial charge in [-0.15, -0.1) is 0 Å². The van der Waals surface area contributed by atoms with Gasteiger partial charge in [-0.2, -0.15) is 0 Å². The zero-order chi connectivity index (χ0) is 19.0. The average molecular weight is 645 g/mol. The molecular formula is C20H11BrI2N2O2. The number of rotatable bonds is 3. The summed E-state index contributed by atoms with van der Waals surface area (Å²) in [6.45, 7) is 0. The minimum absolute atomic E-state index is 0.145. The molecule has 0 fully saturated rings. The lowest BCUT2D eigenvalue weighted by Gasteiger charge is -2.07. The van der Waals surface area contributed by atoms with Crippen molar-refractivity contribution in [1.29, 1.82) is 0 Å². The summed E-state index contributed by atoms with van der Waals surface area (Å²) >= 11 is 7.82. The van der Waals surface area contributed by atoms with E-state index in [1.807, 2.05) is 60.7 Å². The van der Waals surface area contributed by atoms with E-state index < -0.39 is 0 Å². The van der Waals surface area contributed by atoms with Crippen LogP contribution in [0.3, 0.4) is 0 Å². The number of nitrogens with one attached hydrogen (secondary N) is 1. The number of anilines is 1. The number of hydrogen-bond donors (Lipinski definition) is 1. The van der Waals surface area contributed by atoms with Crippen molar-refractivity contribution in [2.24, 2.45) is 0 Å². The average Bonchev–Trinajstić information content (AvgIpc) is 3.07. The minimum atomic E-state index is -0.145. The number of aromatic nitrogens is 1. The molecule has 3 aromatic carbocycles. The Labute approximate surface area is 191 Å². The molecule has 0 aliphatic heterocycles. The van der Waals surface area contributed by atoms with Crippen LogP contribution in [0.1, 0.15) is 10.4 Å². The van der Waals surface area contributed by atoms with Crippen LogP contribution in [-0.2, 0) is 0 Å². The monoisotopic (exact) mass is 644 g/mol. The molecule has 27 heavy (non-hydrogen) atoms. The van der Waals surface area contributed by atoms with Crippen LogP contribution in [0.25, 0.3) is 22.6 Å². The number of oxazole rings is 1. The molecule has 0 radical (unpaired) electrons. The van der Waals surface area contributed by atoms with Crippen molar-refractivity contribution < 1.29 is 9.21 Å². The lowest BCUT2D eigenvalue weighted by atomic mass is 10.2. The molecule has 1 heterocycles. The van der Waals surface area contributed by atoms with Gasteiger partial charge < -0.3 is 9.73 Å². The smallest absolute Gasteiger partial charge is 0.256 e. The highest BCUT2D eigenvalue weighted by Gasteiger charge is 2.13. The van der Waals surface area contributed by atoms with E-state index in [1.165, 1.54) is 0 Å². The van der Waals surface area contributed by atoms with Gasteiger partial charge in [0.25, 0.3) is 5.91 Å². The molecule has 0 saturated heterocycles. The summed E-state index contributed by atoms with van der Waals surface area (Å²) in [5.41, 5.74) is 3.58. The van der Waals surface area contributed by atoms with Gasteiger partial charge in [0.05, 0.1) is 5.56 Å². The van der Waals surface area contributed by atoms with Crippen LogP contribution in [-0.4, -0.2) is 10.9 Å². The number of hydrogen-bond acceptors (Lipinski definition) is 3. The summed E-state index contributed by atoms with van der Waals surface area (Å²) in [5.74, 6) is 0.398. The normalized spacial score (nSPS) is 10.9. The topological polar surface area (TPSA) is 55.1 Å². The highest BCUT2D eigenvalue weighted by atomic mass is 127. The summed E-state index contributed by atoms with van der Waals surface area (Å²) in [5, 5.41) is 2.94. The number of carbonyl (C=O) groups excluding carboxylic acids is 1. The molecule has 1 amide bonds. The molecule has 0 saturated carbocycles. The van der Waals surface area contributed by atoms with Crippen LogP contribution in [0, 0.1) is 7.14 Å². The maximum absolute atomic E-state index is 12.6. The lowest BCUT2D eigenvalue weighted by molar-refractivity contribution is 0.102. The molecule has 0 aliphatic rings. The Balaban J connectivity index is 1.64. The highest BCUT2D eigenvalue weighted by Crippen LogP contribution is 2.28. The standard InChI is InChI=1S/C20H11BrI2N2O2/c21-12-3-1-2-11(8-12)20-25-17-10-14(5-7-18(17)27-20)24-19(26)15-9-13(22)4-6-16(15)23/h1-10H,(H,24,26). The largest absolute Gasteiger partial charge is 0.436 e. The first kappa shape index (κ1) is 18.9. The molecule has 0 aliphatic carbocycles. The Bertz CT molecular complexity index is 1170. The van der Waals surface area contributed by atoms with Gasteiger partial charge in [0, 0.05) is 22.9 Å². The van der Waals surface area contributed by atoms with Gasteiger partial charge in [-0.25, -0.2) is 4.98 Å². The summed E-state index contributed by atoms with van der Waals surface area (Å²) in [7, 11) is 0. The zero-order valence-electron chi connectivity index (χ0n) is 13.7. The molecule has 0 atom stereocenters. The fourth-order valence-electron chi connectivity index (χ4n) is 2.62. The minimum Gasteiger partial charge on any atom is -0.436 e. The number of fused-ring (bicyclic) bond motifs is 1. The zero-order valence-corrected chi connectivity index (χ0v) is 19.6. The SMILES string of the molecule is O=C(Nc1ccc2oc(-c3cccc(Br)c3)nc2c1)c1cc(I)ccc1I. The maximum atomic E-state index is 12.6. The first-order valence-corrected chi connectivity index (χ1v) is 10.9. The molecule has 4 aromatic rings. The quantitative estimate of drug-likeness (QED) is 0.252. The van der Waals surface area contributed by atoms with Crippen molar-refractivity contribution in [3.8, 4) is 11.5 Å². The van der Waals surface area contributed by atoms with Gasteiger partial charge in [0.2, 0.25) is 5.89 Å². The second-order valence-electron chi connectivity index (χ2n) is 5.79. The van der Waals surface area contributed by atoms with E-state index >= 15 is 0 Å². The van der Waals surface area contributed by atoms with Crippen molar-refractivity contribution in [3.05, 3.63) is 77.8 Å². The number of carbonyl (C=O) groups is 1. The van der Waals surface area contributed by atoms with Crippen LogP contribution >= 0.6 is 61.1 Å². The fraction of sp³-hybridized carbons (Fsp3) is 0. The van der Waals surface area contributed by atoms with Crippen LogP contribution in [0.2, 0.25) is 0 Å². The number of amides is 1. The third-order valence-electron chi connectivity index (χ3n) is 3.89. The first-order chi connectivity index (χ1) is 13.0. The Morgan fingerprint density at radius 3 is 2.70 bits per heavy atom. The van der Waals surface area contributed by atoms with Crippen molar-refractivity contribution in [3.63, 3.8) is 0 Å².